The highest BCUT2D eigenvalue weighted by molar-refractivity contribution is 5.90. The first-order valence-corrected chi connectivity index (χ1v) is 40.4. The van der Waals surface area contributed by atoms with Gasteiger partial charge in [-0.15, -0.1) is 0 Å². The van der Waals surface area contributed by atoms with E-state index in [-0.39, 0.29) is 11.5 Å². The normalized spacial score (nSPS) is 8.88. The van der Waals surface area contributed by atoms with Crippen LogP contribution >= 0.6 is 0 Å². The molecule has 5 N–H and O–H groups in total. The van der Waals surface area contributed by atoms with Crippen LogP contribution in [0.1, 0.15) is 188 Å². The van der Waals surface area contributed by atoms with Gasteiger partial charge in [0.1, 0.15) is 28.7 Å². The average molecular weight is 1470 g/mol. The predicted octanol–water partition coefficient (Wildman–Crippen LogP) is 32.6. The highest BCUT2D eigenvalue weighted by Gasteiger charge is 2.01. The molecular weight excluding hydrogens is 1330 g/mol. The molecule has 0 heterocycles. The van der Waals surface area contributed by atoms with Crippen LogP contribution in [0.3, 0.4) is 0 Å². The molecule has 0 fully saturated rings. The first-order valence-electron chi connectivity index (χ1n) is 40.4. The zero-order chi connectivity index (χ0) is 82.6. The van der Waals surface area contributed by atoms with Gasteiger partial charge in [0.15, 0.2) is 0 Å². The van der Waals surface area contributed by atoms with Gasteiger partial charge in [-0.05, 0) is 173 Å². The van der Waals surface area contributed by atoms with E-state index in [4.69, 9.17) is 20.4 Å². The van der Waals surface area contributed by atoms with Crippen molar-refractivity contribution < 1.29 is 25.5 Å². The lowest BCUT2D eigenvalue weighted by atomic mass is 10.0. The van der Waals surface area contributed by atoms with E-state index < -0.39 is 0 Å². The summed E-state index contributed by atoms with van der Waals surface area (Å²) in [5.74, 6) is 1.43. The topological polar surface area (TPSA) is 101 Å². The van der Waals surface area contributed by atoms with Crippen LogP contribution in [0.4, 0.5) is 0 Å². The minimum absolute atomic E-state index is 0.216. The van der Waals surface area contributed by atoms with E-state index in [9.17, 15) is 5.11 Å². The van der Waals surface area contributed by atoms with Crippen molar-refractivity contribution >= 4 is 75.4 Å². The van der Waals surface area contributed by atoms with Gasteiger partial charge in [0, 0.05) is 5.39 Å². The minimum Gasteiger partial charge on any atom is -0.508 e. The van der Waals surface area contributed by atoms with E-state index in [0.29, 0.717) is 17.2 Å². The van der Waals surface area contributed by atoms with Crippen LogP contribution in [0.15, 0.2) is 322 Å². The zero-order valence-electron chi connectivity index (χ0n) is 71.2. The number of para-hydroxylation sites is 1. The van der Waals surface area contributed by atoms with Crippen LogP contribution in [0.5, 0.6) is 28.7 Å². The summed E-state index contributed by atoms with van der Waals surface area (Å²) >= 11 is 0. The number of benzene rings is 15. The lowest BCUT2D eigenvalue weighted by Gasteiger charge is -2.02. The lowest BCUT2D eigenvalue weighted by molar-refractivity contribution is 0.474. The fourth-order valence-corrected chi connectivity index (χ4v) is 10.4. The summed E-state index contributed by atoms with van der Waals surface area (Å²) in [5.41, 5.74) is 5.75. The predicted molar refractivity (Wildman–Crippen MR) is 493 cm³/mol. The first kappa shape index (κ1) is 102. The van der Waals surface area contributed by atoms with Gasteiger partial charge in [-0.1, -0.05) is 433 Å². The molecular formula is C104H138O5. The number of hydrogen-bond acceptors (Lipinski definition) is 5. The molecule has 0 unspecified atom stereocenters. The van der Waals surface area contributed by atoms with Gasteiger partial charge < -0.3 is 25.5 Å². The lowest BCUT2D eigenvalue weighted by Crippen LogP contribution is -1.81. The molecule has 0 bridgehead atoms. The molecule has 0 aromatic heterocycles. The molecule has 0 saturated carbocycles. The van der Waals surface area contributed by atoms with E-state index in [0.717, 1.165) is 58.0 Å². The standard InChI is InChI=1S/4C12H12.C10H8O2.2C10H8O.C6H6O.10C2H6/c4*1-2-10-7-5-8-11-6-3-4-9-12(10)11;11-9-3-1-7-2-4-10(12)6-8(7)5-9;11-10-7-3-5-8-4-1-2-6-9(8)10;11-10-6-5-8-3-1-2-4-9(8)7-10;7-6-4-2-1-3-5-6;10*1-2/h4*3-9H,2H2,1H3;1-6,11-12H;2*1-7,11H;1-5,7H;10*1-2H3. The molecule has 0 radical (unpaired) electrons. The van der Waals surface area contributed by atoms with Gasteiger partial charge in [-0.25, -0.2) is 0 Å². The Morgan fingerprint density at radius 3 is 0.615 bits per heavy atom. The third kappa shape index (κ3) is 38.0. The second kappa shape index (κ2) is 67.7. The van der Waals surface area contributed by atoms with Crippen molar-refractivity contribution in [3.8, 4) is 28.7 Å². The van der Waals surface area contributed by atoms with Crippen molar-refractivity contribution in [2.45, 2.75) is 192 Å². The summed E-state index contributed by atoms with van der Waals surface area (Å²) in [7, 11) is 0. The highest BCUT2D eigenvalue weighted by Crippen LogP contribution is 2.26. The third-order valence-corrected chi connectivity index (χ3v) is 15.1. The van der Waals surface area contributed by atoms with Crippen molar-refractivity contribution in [3.63, 3.8) is 0 Å². The van der Waals surface area contributed by atoms with Crippen LogP contribution in [0.2, 0.25) is 0 Å². The summed E-state index contributed by atoms with van der Waals surface area (Å²) in [5, 5.41) is 62.4. The van der Waals surface area contributed by atoms with Gasteiger partial charge in [-0.3, -0.25) is 0 Å². The number of aryl methyl sites for hydroxylation is 4. The Bertz CT molecular complexity index is 4250. The zero-order valence-corrected chi connectivity index (χ0v) is 71.2. The number of fused-ring (bicyclic) bond motifs is 7. The van der Waals surface area contributed by atoms with Crippen molar-refractivity contribution in [1.29, 1.82) is 0 Å². The Kier molecular flexibility index (Phi) is 63.5. The first-order chi connectivity index (χ1) is 53.5. The monoisotopic (exact) mass is 1470 g/mol. The summed E-state index contributed by atoms with van der Waals surface area (Å²) in [4.78, 5) is 0. The number of rotatable bonds is 4. The molecule has 0 aliphatic rings. The summed E-state index contributed by atoms with van der Waals surface area (Å²) < 4.78 is 0. The van der Waals surface area contributed by atoms with Gasteiger partial charge in [0.2, 0.25) is 0 Å². The van der Waals surface area contributed by atoms with E-state index in [1.54, 1.807) is 66.7 Å². The Balaban J connectivity index is -0.00000114. The van der Waals surface area contributed by atoms with Crippen molar-refractivity contribution in [2.75, 3.05) is 0 Å². The SMILES string of the molecule is CC.CC.CC.CC.CC.CC.CC.CC.CC.CC.CCc1cccc2ccccc12.CCc1cccc2ccccc12.CCc1cccc2ccccc12.CCc1cccc2ccccc12.Oc1ccc2ccc(O)cc2c1.Oc1ccc2ccccc2c1.Oc1cccc2ccccc12.Oc1ccccc1. The molecule has 5 heteroatoms. The molecule has 0 atom stereocenters. The van der Waals surface area contributed by atoms with Crippen LogP contribution in [-0.2, 0) is 25.7 Å². The highest BCUT2D eigenvalue weighted by atomic mass is 16.3. The molecule has 15 aromatic carbocycles. The molecule has 15 aromatic rings. The van der Waals surface area contributed by atoms with Crippen molar-refractivity contribution in [3.05, 3.63) is 344 Å². The molecule has 15 rings (SSSR count). The number of aromatic hydroxyl groups is 5. The van der Waals surface area contributed by atoms with Crippen LogP contribution in [0.25, 0.3) is 75.4 Å². The molecule has 0 aliphatic carbocycles. The number of hydrogen-bond donors (Lipinski definition) is 5. The molecule has 0 aliphatic heterocycles. The third-order valence-electron chi connectivity index (χ3n) is 15.1. The maximum Gasteiger partial charge on any atom is 0.123 e. The molecule has 0 saturated heterocycles. The molecule has 109 heavy (non-hydrogen) atoms. The Morgan fingerprint density at radius 2 is 0.358 bits per heavy atom. The largest absolute Gasteiger partial charge is 0.508 e. The van der Waals surface area contributed by atoms with E-state index in [2.05, 4.69) is 198 Å². The van der Waals surface area contributed by atoms with Gasteiger partial charge in [-0.2, -0.15) is 0 Å². The van der Waals surface area contributed by atoms with Crippen molar-refractivity contribution in [1.82, 2.24) is 0 Å². The van der Waals surface area contributed by atoms with Gasteiger partial charge >= 0.3 is 0 Å². The Labute approximate surface area is 661 Å². The second-order valence-electron chi connectivity index (χ2n) is 21.0. The molecule has 584 valence electrons. The second-order valence-corrected chi connectivity index (χ2v) is 21.0. The minimum atomic E-state index is 0.216. The average Bonchev–Trinajstić information content (AvgIpc) is 0.892. The maximum atomic E-state index is 9.37. The van der Waals surface area contributed by atoms with Crippen LogP contribution in [-0.4, -0.2) is 25.5 Å². The quantitative estimate of drug-likeness (QED) is 0.121. The van der Waals surface area contributed by atoms with Gasteiger partial charge in [0.25, 0.3) is 0 Å². The Hall–Kier alpha value is -10.9. The fourth-order valence-electron chi connectivity index (χ4n) is 10.4. The fraction of sp³-hybridized carbons (Fsp3) is 0.269. The summed E-state index contributed by atoms with van der Waals surface area (Å²) in [6.07, 6.45) is 4.45. The summed E-state index contributed by atoms with van der Waals surface area (Å²) in [6, 6.07) is 105. The Morgan fingerprint density at radius 1 is 0.156 bits per heavy atom. The van der Waals surface area contributed by atoms with Crippen LogP contribution in [0, 0.1) is 0 Å². The smallest absolute Gasteiger partial charge is 0.123 e. The van der Waals surface area contributed by atoms with E-state index >= 15 is 0 Å². The van der Waals surface area contributed by atoms with Crippen LogP contribution < -0.4 is 0 Å². The van der Waals surface area contributed by atoms with Crippen molar-refractivity contribution in [2.24, 2.45) is 0 Å². The molecule has 5 nitrogen and oxygen atoms in total. The maximum absolute atomic E-state index is 9.37. The number of phenols is 5. The number of phenolic OH excluding ortho intramolecular Hbond substituents is 5. The van der Waals surface area contributed by atoms with Gasteiger partial charge in [0.05, 0.1) is 0 Å². The molecule has 0 amide bonds. The molecule has 0 spiro atoms. The van der Waals surface area contributed by atoms with E-state index in [1.807, 2.05) is 223 Å². The van der Waals surface area contributed by atoms with E-state index in [1.165, 1.54) is 65.3 Å². The summed E-state index contributed by atoms with van der Waals surface area (Å²) in [6.45, 7) is 48.8.